The van der Waals surface area contributed by atoms with Crippen LogP contribution < -0.4 is 20.4 Å². The lowest BCUT2D eigenvalue weighted by Gasteiger charge is -2.31. The molecule has 0 radical (unpaired) electrons. The van der Waals surface area contributed by atoms with Crippen molar-refractivity contribution in [3.05, 3.63) is 35.5 Å². The molecule has 2 N–H and O–H groups in total. The number of fused-ring (bicyclic) bond motifs is 1. The predicted octanol–water partition coefficient (Wildman–Crippen LogP) is 3.66. The van der Waals surface area contributed by atoms with Gasteiger partial charge in [-0.25, -0.2) is 4.98 Å². The lowest BCUT2D eigenvalue weighted by Crippen LogP contribution is -2.38. The van der Waals surface area contributed by atoms with Crippen molar-refractivity contribution in [2.45, 2.75) is 52.0 Å². The lowest BCUT2D eigenvalue weighted by molar-refractivity contribution is -0.121. The normalized spacial score (nSPS) is 18.4. The van der Waals surface area contributed by atoms with E-state index in [1.165, 1.54) is 12.8 Å². The molecule has 0 bridgehead atoms. The minimum absolute atomic E-state index is 0.0861. The molecule has 4 rings (SSSR count). The highest BCUT2D eigenvalue weighted by Gasteiger charge is 2.35. The molecule has 188 valence electrons. The smallest absolute Gasteiger partial charge is 0.251 e. The Bertz CT molecular complexity index is 1070. The van der Waals surface area contributed by atoms with Crippen molar-refractivity contribution in [2.24, 2.45) is 5.92 Å². The Morgan fingerprint density at radius 1 is 1.26 bits per heavy atom. The van der Waals surface area contributed by atoms with Crippen molar-refractivity contribution in [2.75, 3.05) is 49.0 Å². The maximum absolute atomic E-state index is 12.9. The quantitative estimate of drug-likeness (QED) is 0.556. The molecule has 1 aromatic heterocycles. The number of anilines is 4. The van der Waals surface area contributed by atoms with E-state index in [1.807, 2.05) is 26.0 Å². The molecule has 1 aromatic carbocycles. The standard InChI is InChI=1S/C26H36N6O3/c1-17-14-19(24(33)27-12-7-13-35-4)10-11-21(17)29-26-28-15-22-23(30-26)32(20-8-5-6-9-20)16-18(2)25(34)31(22)3/h10-11,14-15,18,20H,5-9,12-13,16H2,1-4H3,(H,27,33)(H,28,29,30). The minimum atomic E-state index is -0.110. The summed E-state index contributed by atoms with van der Waals surface area (Å²) in [5, 5.41) is 6.23. The van der Waals surface area contributed by atoms with Gasteiger partial charge < -0.3 is 25.2 Å². The van der Waals surface area contributed by atoms with Crippen molar-refractivity contribution in [1.82, 2.24) is 15.3 Å². The highest BCUT2D eigenvalue weighted by molar-refractivity contribution is 5.99. The fraction of sp³-hybridized carbons (Fsp3) is 0.538. The zero-order valence-corrected chi connectivity index (χ0v) is 21.1. The number of aryl methyl sites for hydroxylation is 1. The highest BCUT2D eigenvalue weighted by Crippen LogP contribution is 2.37. The summed E-state index contributed by atoms with van der Waals surface area (Å²) in [5.41, 5.74) is 3.10. The van der Waals surface area contributed by atoms with Crippen molar-refractivity contribution in [3.63, 3.8) is 0 Å². The molecule has 1 fully saturated rings. The Labute approximate surface area is 207 Å². The van der Waals surface area contributed by atoms with Gasteiger partial charge in [0, 0.05) is 51.1 Å². The van der Waals surface area contributed by atoms with Gasteiger partial charge in [0.25, 0.3) is 5.91 Å². The molecule has 2 heterocycles. The molecule has 1 atom stereocenters. The van der Waals surface area contributed by atoms with Crippen molar-refractivity contribution >= 4 is 35.0 Å². The van der Waals surface area contributed by atoms with E-state index in [0.717, 1.165) is 42.0 Å². The number of carbonyl (C=O) groups is 2. The molecule has 1 aliphatic heterocycles. The summed E-state index contributed by atoms with van der Waals surface area (Å²) in [6, 6.07) is 5.92. The Hall–Kier alpha value is -3.20. The van der Waals surface area contributed by atoms with E-state index >= 15 is 0 Å². The van der Waals surface area contributed by atoms with Crippen LogP contribution >= 0.6 is 0 Å². The van der Waals surface area contributed by atoms with Crippen molar-refractivity contribution in [3.8, 4) is 0 Å². The van der Waals surface area contributed by atoms with Crippen molar-refractivity contribution < 1.29 is 14.3 Å². The first-order chi connectivity index (χ1) is 16.9. The van der Waals surface area contributed by atoms with Gasteiger partial charge >= 0.3 is 0 Å². The molecule has 1 saturated carbocycles. The van der Waals surface area contributed by atoms with Gasteiger partial charge in [0.05, 0.1) is 12.1 Å². The number of ether oxygens (including phenoxy) is 1. The SMILES string of the molecule is COCCCNC(=O)c1ccc(Nc2ncc3c(n2)N(C2CCCC2)CC(C)C(=O)N3C)c(C)c1. The molecule has 35 heavy (non-hydrogen) atoms. The summed E-state index contributed by atoms with van der Waals surface area (Å²) in [6.45, 7) is 5.78. The average Bonchev–Trinajstić information content (AvgIpc) is 3.37. The molecule has 0 spiro atoms. The fourth-order valence-electron chi connectivity index (χ4n) is 4.91. The van der Waals surface area contributed by atoms with Crippen LogP contribution in [0.1, 0.15) is 54.9 Å². The zero-order valence-electron chi connectivity index (χ0n) is 21.1. The number of rotatable bonds is 8. The van der Waals surface area contributed by atoms with Crippen LogP contribution in [0.2, 0.25) is 0 Å². The van der Waals surface area contributed by atoms with Crippen LogP contribution in [0.25, 0.3) is 0 Å². The summed E-state index contributed by atoms with van der Waals surface area (Å²) in [5.74, 6) is 1.15. The molecule has 1 aliphatic carbocycles. The number of carbonyl (C=O) groups excluding carboxylic acids is 2. The van der Waals surface area contributed by atoms with Gasteiger partial charge in [-0.1, -0.05) is 19.8 Å². The highest BCUT2D eigenvalue weighted by atomic mass is 16.5. The van der Waals surface area contributed by atoms with Crippen LogP contribution in [0.3, 0.4) is 0 Å². The van der Waals surface area contributed by atoms with Gasteiger partial charge in [-0.3, -0.25) is 9.59 Å². The number of aromatic nitrogens is 2. The van der Waals surface area contributed by atoms with Gasteiger partial charge in [-0.05, 0) is 49.9 Å². The number of nitrogens with one attached hydrogen (secondary N) is 2. The first kappa shape index (κ1) is 24.9. The number of hydrogen-bond donors (Lipinski definition) is 2. The number of methoxy groups -OCH3 is 1. The molecule has 2 aromatic rings. The molecular formula is C26H36N6O3. The van der Waals surface area contributed by atoms with Gasteiger partial charge in [-0.15, -0.1) is 0 Å². The molecule has 2 aliphatic rings. The predicted molar refractivity (Wildman–Crippen MR) is 137 cm³/mol. The van der Waals surface area contributed by atoms with E-state index in [4.69, 9.17) is 9.72 Å². The number of amides is 2. The Kier molecular flexibility index (Phi) is 7.85. The molecule has 1 unspecified atom stereocenters. The number of benzene rings is 1. The summed E-state index contributed by atoms with van der Waals surface area (Å²) in [6.07, 6.45) is 7.15. The second-order valence-corrected chi connectivity index (χ2v) is 9.55. The van der Waals surface area contributed by atoms with E-state index in [0.29, 0.717) is 37.3 Å². The molecule has 0 saturated heterocycles. The van der Waals surface area contributed by atoms with Gasteiger partial charge in [0.2, 0.25) is 11.9 Å². The number of hydrogen-bond acceptors (Lipinski definition) is 7. The Morgan fingerprint density at radius 2 is 2.03 bits per heavy atom. The van der Waals surface area contributed by atoms with E-state index in [-0.39, 0.29) is 17.7 Å². The first-order valence-electron chi connectivity index (χ1n) is 12.4. The van der Waals surface area contributed by atoms with Crippen LogP contribution in [0, 0.1) is 12.8 Å². The van der Waals surface area contributed by atoms with E-state index in [1.54, 1.807) is 31.3 Å². The zero-order chi connectivity index (χ0) is 24.9. The topological polar surface area (TPSA) is 99.7 Å². The van der Waals surface area contributed by atoms with Gasteiger partial charge in [-0.2, -0.15) is 4.98 Å². The summed E-state index contributed by atoms with van der Waals surface area (Å²) < 4.78 is 5.02. The minimum Gasteiger partial charge on any atom is -0.385 e. The first-order valence-corrected chi connectivity index (χ1v) is 12.4. The van der Waals surface area contributed by atoms with Crippen LogP contribution in [-0.2, 0) is 9.53 Å². The number of nitrogens with zero attached hydrogens (tertiary/aromatic N) is 4. The average molecular weight is 481 g/mol. The van der Waals surface area contributed by atoms with Crippen LogP contribution in [0.4, 0.5) is 23.1 Å². The second-order valence-electron chi connectivity index (χ2n) is 9.55. The van der Waals surface area contributed by atoms with Crippen LogP contribution in [-0.4, -0.2) is 61.7 Å². The third-order valence-electron chi connectivity index (χ3n) is 6.92. The Balaban J connectivity index is 1.55. The summed E-state index contributed by atoms with van der Waals surface area (Å²) in [4.78, 5) is 38.7. The molecule has 2 amide bonds. The van der Waals surface area contributed by atoms with Crippen LogP contribution in [0.15, 0.2) is 24.4 Å². The van der Waals surface area contributed by atoms with Crippen molar-refractivity contribution in [1.29, 1.82) is 0 Å². The van der Waals surface area contributed by atoms with E-state index in [2.05, 4.69) is 20.5 Å². The van der Waals surface area contributed by atoms with Crippen LogP contribution in [0.5, 0.6) is 0 Å². The largest absolute Gasteiger partial charge is 0.385 e. The summed E-state index contributed by atoms with van der Waals surface area (Å²) in [7, 11) is 3.45. The maximum Gasteiger partial charge on any atom is 0.251 e. The second kappa shape index (κ2) is 11.0. The third kappa shape index (κ3) is 5.56. The monoisotopic (exact) mass is 480 g/mol. The van der Waals surface area contributed by atoms with E-state index < -0.39 is 0 Å². The Morgan fingerprint density at radius 3 is 2.74 bits per heavy atom. The molecule has 9 heteroatoms. The fourth-order valence-corrected chi connectivity index (χ4v) is 4.91. The lowest BCUT2D eigenvalue weighted by atomic mass is 10.1. The maximum atomic E-state index is 12.9. The van der Waals surface area contributed by atoms with Gasteiger partial charge in [0.1, 0.15) is 5.69 Å². The third-order valence-corrected chi connectivity index (χ3v) is 6.92. The molecule has 9 nitrogen and oxygen atoms in total. The molecular weight excluding hydrogens is 444 g/mol. The summed E-state index contributed by atoms with van der Waals surface area (Å²) >= 11 is 0. The van der Waals surface area contributed by atoms with Gasteiger partial charge in [0.15, 0.2) is 5.82 Å². The van der Waals surface area contributed by atoms with E-state index in [9.17, 15) is 9.59 Å².